The number of hydrogen-bond donors (Lipinski definition) is 2. The van der Waals surface area contributed by atoms with E-state index in [0.717, 1.165) is 61.5 Å². The minimum Gasteiger partial charge on any atom is -0.486 e. The number of hydrogen-bond acceptors (Lipinski definition) is 6. The van der Waals surface area contributed by atoms with Crippen LogP contribution in [0, 0.1) is 6.92 Å². The van der Waals surface area contributed by atoms with Gasteiger partial charge in [0.15, 0.2) is 11.5 Å². The lowest BCUT2D eigenvalue weighted by atomic mass is 10.0. The standard InChI is InChI=1S/C27H31N3O5/c1-18-14-26(31)30(23-16-20(27(32)33)3-4-22(18)23)11-10-29-8-6-21(7-9-29)28-17-19-2-5-24-25(15-19)35-13-12-34-24/h2-5,14-16,21,28H,6-13,17H2,1H3,(H,32,33). The normalized spacial score (nSPS) is 16.5. The molecule has 3 aromatic rings. The van der Waals surface area contributed by atoms with E-state index in [1.54, 1.807) is 28.8 Å². The molecule has 0 amide bonds. The Kier molecular flexibility index (Phi) is 6.74. The monoisotopic (exact) mass is 477 g/mol. The van der Waals surface area contributed by atoms with E-state index in [1.807, 2.05) is 13.0 Å². The molecule has 0 aliphatic carbocycles. The van der Waals surface area contributed by atoms with Crippen molar-refractivity contribution >= 4 is 16.9 Å². The summed E-state index contributed by atoms with van der Waals surface area (Å²) in [6.07, 6.45) is 2.08. The van der Waals surface area contributed by atoms with Crippen LogP contribution < -0.4 is 20.3 Å². The van der Waals surface area contributed by atoms with E-state index in [2.05, 4.69) is 22.3 Å². The Labute approximate surface area is 204 Å². The van der Waals surface area contributed by atoms with Gasteiger partial charge in [-0.25, -0.2) is 4.79 Å². The Bertz CT molecular complexity index is 1290. The molecular weight excluding hydrogens is 446 g/mol. The van der Waals surface area contributed by atoms with E-state index >= 15 is 0 Å². The molecule has 0 saturated carbocycles. The summed E-state index contributed by atoms with van der Waals surface area (Å²) in [5.41, 5.74) is 2.84. The van der Waals surface area contributed by atoms with Gasteiger partial charge in [0.1, 0.15) is 13.2 Å². The molecule has 1 fully saturated rings. The molecule has 2 aromatic carbocycles. The van der Waals surface area contributed by atoms with Crippen molar-refractivity contribution in [3.8, 4) is 11.5 Å². The molecule has 0 bridgehead atoms. The minimum absolute atomic E-state index is 0.0893. The third-order valence-electron chi connectivity index (χ3n) is 7.00. The Morgan fingerprint density at radius 1 is 1.03 bits per heavy atom. The first-order chi connectivity index (χ1) is 17.0. The molecule has 2 aliphatic heterocycles. The van der Waals surface area contributed by atoms with E-state index in [-0.39, 0.29) is 11.1 Å². The molecule has 8 heteroatoms. The summed E-state index contributed by atoms with van der Waals surface area (Å²) in [7, 11) is 0. The molecule has 0 unspecified atom stereocenters. The number of aromatic carboxylic acids is 1. The average molecular weight is 478 g/mol. The molecule has 8 nitrogen and oxygen atoms in total. The predicted octanol–water partition coefficient (Wildman–Crippen LogP) is 3.03. The first-order valence-electron chi connectivity index (χ1n) is 12.2. The first-order valence-corrected chi connectivity index (χ1v) is 12.2. The third-order valence-corrected chi connectivity index (χ3v) is 7.00. The number of aromatic nitrogens is 1. The number of likely N-dealkylation sites (tertiary alicyclic amines) is 1. The molecular formula is C27H31N3O5. The van der Waals surface area contributed by atoms with E-state index in [1.165, 1.54) is 5.56 Å². The number of nitrogens with one attached hydrogen (secondary N) is 1. The largest absolute Gasteiger partial charge is 0.486 e. The minimum atomic E-state index is -0.988. The SMILES string of the molecule is Cc1cc(=O)n(CCN2CCC(NCc3ccc4c(c3)OCCO4)CC2)c2cc(C(=O)O)ccc12. The number of ether oxygens (including phenoxy) is 2. The summed E-state index contributed by atoms with van der Waals surface area (Å²) in [5.74, 6) is 0.644. The van der Waals surface area contributed by atoms with E-state index in [0.29, 0.717) is 31.3 Å². The molecule has 0 radical (unpaired) electrons. The molecule has 35 heavy (non-hydrogen) atoms. The third kappa shape index (κ3) is 5.18. The smallest absolute Gasteiger partial charge is 0.335 e. The van der Waals surface area contributed by atoms with Crippen LogP contribution in [0.25, 0.3) is 10.9 Å². The molecule has 0 atom stereocenters. The first kappa shape index (κ1) is 23.4. The number of piperidine rings is 1. The maximum absolute atomic E-state index is 12.7. The van der Waals surface area contributed by atoms with Gasteiger partial charge in [-0.05, 0) is 68.2 Å². The summed E-state index contributed by atoms with van der Waals surface area (Å²) in [5, 5.41) is 14.0. The Balaban J connectivity index is 1.17. The van der Waals surface area contributed by atoms with Crippen molar-refractivity contribution in [3.05, 3.63) is 69.5 Å². The Morgan fingerprint density at radius 2 is 1.80 bits per heavy atom. The molecule has 3 heterocycles. The van der Waals surface area contributed by atoms with Crippen LogP contribution in [0.2, 0.25) is 0 Å². The van der Waals surface area contributed by atoms with E-state index < -0.39 is 5.97 Å². The highest BCUT2D eigenvalue weighted by atomic mass is 16.6. The molecule has 2 N–H and O–H groups in total. The van der Waals surface area contributed by atoms with Gasteiger partial charge < -0.3 is 29.4 Å². The summed E-state index contributed by atoms with van der Waals surface area (Å²) in [4.78, 5) is 26.6. The van der Waals surface area contributed by atoms with Gasteiger partial charge in [-0.1, -0.05) is 12.1 Å². The predicted molar refractivity (Wildman–Crippen MR) is 134 cm³/mol. The van der Waals surface area contributed by atoms with Crippen LogP contribution in [0.4, 0.5) is 0 Å². The van der Waals surface area contributed by atoms with Gasteiger partial charge in [0.2, 0.25) is 0 Å². The molecule has 184 valence electrons. The zero-order valence-electron chi connectivity index (χ0n) is 20.0. The fraction of sp³-hybridized carbons (Fsp3) is 0.407. The van der Waals surface area contributed by atoms with Gasteiger partial charge in [-0.2, -0.15) is 0 Å². The number of carboxylic acids is 1. The van der Waals surface area contributed by atoms with E-state index in [9.17, 15) is 14.7 Å². The number of aryl methyl sites for hydroxylation is 1. The maximum atomic E-state index is 12.7. The average Bonchev–Trinajstić information content (AvgIpc) is 2.87. The van der Waals surface area contributed by atoms with Crippen molar-refractivity contribution in [1.82, 2.24) is 14.8 Å². The number of carbonyl (C=O) groups is 1. The van der Waals surface area contributed by atoms with Gasteiger partial charge in [0.25, 0.3) is 5.56 Å². The Hall–Kier alpha value is -3.36. The topological polar surface area (TPSA) is 93.0 Å². The molecule has 0 spiro atoms. The van der Waals surface area contributed by atoms with Crippen LogP contribution >= 0.6 is 0 Å². The number of benzene rings is 2. The van der Waals surface area contributed by atoms with Crippen molar-refractivity contribution in [1.29, 1.82) is 0 Å². The van der Waals surface area contributed by atoms with Crippen molar-refractivity contribution in [2.45, 2.75) is 38.9 Å². The van der Waals surface area contributed by atoms with Gasteiger partial charge in [0.05, 0.1) is 11.1 Å². The van der Waals surface area contributed by atoms with E-state index in [4.69, 9.17) is 9.47 Å². The van der Waals surface area contributed by atoms with Gasteiger partial charge in [-0.3, -0.25) is 4.79 Å². The summed E-state index contributed by atoms with van der Waals surface area (Å²) < 4.78 is 13.0. The fourth-order valence-electron chi connectivity index (χ4n) is 4.97. The number of nitrogens with zero attached hydrogens (tertiary/aromatic N) is 2. The highest BCUT2D eigenvalue weighted by molar-refractivity contribution is 5.94. The quantitative estimate of drug-likeness (QED) is 0.540. The lowest BCUT2D eigenvalue weighted by molar-refractivity contribution is 0.0697. The fourth-order valence-corrected chi connectivity index (χ4v) is 4.97. The molecule has 1 saturated heterocycles. The van der Waals surface area contributed by atoms with Crippen molar-refractivity contribution in [2.75, 3.05) is 32.8 Å². The van der Waals surface area contributed by atoms with Crippen molar-refractivity contribution in [2.24, 2.45) is 0 Å². The number of pyridine rings is 1. The molecule has 2 aliphatic rings. The molecule has 5 rings (SSSR count). The zero-order chi connectivity index (χ0) is 24.4. The second-order valence-corrected chi connectivity index (χ2v) is 9.33. The summed E-state index contributed by atoms with van der Waals surface area (Å²) in [6.45, 7) is 7.07. The van der Waals surface area contributed by atoms with Crippen molar-refractivity contribution in [3.63, 3.8) is 0 Å². The second-order valence-electron chi connectivity index (χ2n) is 9.33. The number of fused-ring (bicyclic) bond motifs is 2. The van der Waals surface area contributed by atoms with Crippen LogP contribution in [-0.2, 0) is 13.1 Å². The number of carboxylic acid groups (broad SMARTS) is 1. The Morgan fingerprint density at radius 3 is 2.57 bits per heavy atom. The van der Waals surface area contributed by atoms with Crippen LogP contribution in [0.15, 0.2) is 47.3 Å². The van der Waals surface area contributed by atoms with Gasteiger partial charge in [-0.15, -0.1) is 0 Å². The zero-order valence-corrected chi connectivity index (χ0v) is 20.0. The van der Waals surface area contributed by atoms with Gasteiger partial charge in [0, 0.05) is 37.1 Å². The lowest BCUT2D eigenvalue weighted by Crippen LogP contribution is -2.43. The maximum Gasteiger partial charge on any atom is 0.335 e. The number of rotatable bonds is 7. The van der Waals surface area contributed by atoms with Gasteiger partial charge >= 0.3 is 5.97 Å². The van der Waals surface area contributed by atoms with Crippen LogP contribution in [0.1, 0.15) is 34.3 Å². The second kappa shape index (κ2) is 10.1. The summed E-state index contributed by atoms with van der Waals surface area (Å²) in [6, 6.07) is 13.2. The lowest BCUT2D eigenvalue weighted by Gasteiger charge is -2.32. The summed E-state index contributed by atoms with van der Waals surface area (Å²) >= 11 is 0. The molecule has 1 aromatic heterocycles. The van der Waals surface area contributed by atoms with Crippen LogP contribution in [0.3, 0.4) is 0 Å². The highest BCUT2D eigenvalue weighted by Gasteiger charge is 2.20. The van der Waals surface area contributed by atoms with Crippen molar-refractivity contribution < 1.29 is 19.4 Å². The highest BCUT2D eigenvalue weighted by Crippen LogP contribution is 2.30. The van der Waals surface area contributed by atoms with Crippen LogP contribution in [-0.4, -0.2) is 59.4 Å². The van der Waals surface area contributed by atoms with Crippen LogP contribution in [0.5, 0.6) is 11.5 Å².